The summed E-state index contributed by atoms with van der Waals surface area (Å²) in [5.74, 6) is -0.502. The zero-order valence-electron chi connectivity index (χ0n) is 12.5. The number of halogens is 3. The molecule has 2 N–H and O–H groups in total. The van der Waals surface area contributed by atoms with E-state index < -0.39 is 17.7 Å². The third-order valence-electron chi connectivity index (χ3n) is 3.37. The highest BCUT2D eigenvalue weighted by Crippen LogP contribution is 2.31. The molecule has 0 aliphatic heterocycles. The van der Waals surface area contributed by atoms with Crippen LogP contribution in [0.2, 0.25) is 0 Å². The number of benzene rings is 2. The van der Waals surface area contributed by atoms with E-state index in [4.69, 9.17) is 5.11 Å². The lowest BCUT2D eigenvalue weighted by Gasteiger charge is -2.08. The maximum absolute atomic E-state index is 12.5. The number of carboxylic acid groups (broad SMARTS) is 1. The van der Waals surface area contributed by atoms with Gasteiger partial charge in [0.25, 0.3) is 0 Å². The molecule has 25 heavy (non-hydrogen) atoms. The number of hydrogen-bond acceptors (Lipinski definition) is 4. The van der Waals surface area contributed by atoms with E-state index in [1.165, 1.54) is 35.6 Å². The van der Waals surface area contributed by atoms with Gasteiger partial charge in [-0.1, -0.05) is 12.1 Å². The monoisotopic (exact) mass is 364 g/mol. The molecule has 3 rings (SSSR count). The van der Waals surface area contributed by atoms with Crippen molar-refractivity contribution in [2.45, 2.75) is 6.18 Å². The van der Waals surface area contributed by atoms with Crippen molar-refractivity contribution in [1.82, 2.24) is 4.98 Å². The quantitative estimate of drug-likeness (QED) is 0.662. The molecule has 3 aromatic rings. The van der Waals surface area contributed by atoms with Crippen LogP contribution in [0, 0.1) is 0 Å². The first-order valence-corrected chi connectivity index (χ1v) is 7.94. The van der Waals surface area contributed by atoms with Crippen LogP contribution in [0.3, 0.4) is 0 Å². The maximum Gasteiger partial charge on any atom is 0.416 e. The molecule has 0 aliphatic carbocycles. The minimum absolute atomic E-state index is 0.184. The van der Waals surface area contributed by atoms with Crippen LogP contribution in [0.5, 0.6) is 0 Å². The number of hydrogen-bond donors (Lipinski definition) is 2. The van der Waals surface area contributed by atoms with Crippen LogP contribution >= 0.6 is 11.3 Å². The lowest BCUT2D eigenvalue weighted by molar-refractivity contribution is -0.137. The number of aromatic carboxylic acids is 1. The summed E-state index contributed by atoms with van der Waals surface area (Å²) in [6, 6.07) is 11.0. The van der Waals surface area contributed by atoms with E-state index in [0.717, 1.165) is 17.7 Å². The molecular weight excluding hydrogens is 353 g/mol. The van der Waals surface area contributed by atoms with Crippen molar-refractivity contribution in [2.24, 2.45) is 0 Å². The highest BCUT2D eigenvalue weighted by atomic mass is 32.1. The van der Waals surface area contributed by atoms with Gasteiger partial charge in [0, 0.05) is 16.6 Å². The fourth-order valence-electron chi connectivity index (χ4n) is 2.11. The largest absolute Gasteiger partial charge is 0.478 e. The Labute approximate surface area is 144 Å². The minimum Gasteiger partial charge on any atom is -0.478 e. The van der Waals surface area contributed by atoms with Crippen molar-refractivity contribution >= 4 is 28.8 Å². The van der Waals surface area contributed by atoms with E-state index in [0.29, 0.717) is 16.5 Å². The van der Waals surface area contributed by atoms with Crippen LogP contribution in [-0.4, -0.2) is 16.1 Å². The number of anilines is 2. The number of aromatic nitrogens is 1. The van der Waals surface area contributed by atoms with E-state index >= 15 is 0 Å². The van der Waals surface area contributed by atoms with Crippen molar-refractivity contribution < 1.29 is 23.1 Å². The SMILES string of the molecule is O=C(O)c1ccc(-c2nc(Nc3ccc(C(F)(F)F)cc3)cs2)cc1. The van der Waals surface area contributed by atoms with Crippen LogP contribution in [0.15, 0.2) is 53.9 Å². The van der Waals surface area contributed by atoms with Crippen LogP contribution in [0.25, 0.3) is 10.6 Å². The summed E-state index contributed by atoms with van der Waals surface area (Å²) < 4.78 is 37.6. The zero-order chi connectivity index (χ0) is 18.0. The summed E-state index contributed by atoms with van der Waals surface area (Å²) in [6.45, 7) is 0. The van der Waals surface area contributed by atoms with Crippen LogP contribution in [0.1, 0.15) is 15.9 Å². The summed E-state index contributed by atoms with van der Waals surface area (Å²) in [6.07, 6.45) is -4.37. The Morgan fingerprint density at radius 3 is 2.24 bits per heavy atom. The van der Waals surface area contributed by atoms with E-state index in [9.17, 15) is 18.0 Å². The molecule has 0 fully saturated rings. The van der Waals surface area contributed by atoms with Crippen LogP contribution in [0.4, 0.5) is 24.7 Å². The molecule has 0 spiro atoms. The third-order valence-corrected chi connectivity index (χ3v) is 4.26. The second-order valence-corrected chi connectivity index (χ2v) is 5.98. The summed E-state index contributed by atoms with van der Waals surface area (Å²) in [4.78, 5) is 15.2. The van der Waals surface area contributed by atoms with Gasteiger partial charge in [-0.05, 0) is 36.4 Å². The number of carboxylic acids is 1. The molecule has 1 heterocycles. The van der Waals surface area contributed by atoms with Gasteiger partial charge in [-0.15, -0.1) is 11.3 Å². The van der Waals surface area contributed by atoms with Gasteiger partial charge in [-0.3, -0.25) is 0 Å². The van der Waals surface area contributed by atoms with Crippen molar-refractivity contribution in [1.29, 1.82) is 0 Å². The Morgan fingerprint density at radius 1 is 1.04 bits per heavy atom. The fraction of sp³-hybridized carbons (Fsp3) is 0.0588. The minimum atomic E-state index is -4.37. The molecule has 0 amide bonds. The predicted octanol–water partition coefficient (Wildman–Crippen LogP) is 5.27. The van der Waals surface area contributed by atoms with Crippen molar-refractivity contribution in [2.75, 3.05) is 5.32 Å². The maximum atomic E-state index is 12.5. The Morgan fingerprint density at radius 2 is 1.68 bits per heavy atom. The van der Waals surface area contributed by atoms with Gasteiger partial charge < -0.3 is 10.4 Å². The molecular formula is C17H11F3N2O2S. The van der Waals surface area contributed by atoms with E-state index in [1.807, 2.05) is 0 Å². The normalized spacial score (nSPS) is 11.3. The standard InChI is InChI=1S/C17H11F3N2O2S/c18-17(19,20)12-5-7-13(8-6-12)21-14-9-25-15(22-14)10-1-3-11(4-2-10)16(23)24/h1-9,21H,(H,23,24). The van der Waals surface area contributed by atoms with Crippen LogP contribution < -0.4 is 5.32 Å². The molecule has 2 aromatic carbocycles. The Bertz CT molecular complexity index is 888. The van der Waals surface area contributed by atoms with Gasteiger partial charge >= 0.3 is 12.1 Å². The number of thiazole rings is 1. The molecule has 0 saturated carbocycles. The molecule has 1 aromatic heterocycles. The van der Waals surface area contributed by atoms with Gasteiger partial charge in [-0.25, -0.2) is 9.78 Å². The summed E-state index contributed by atoms with van der Waals surface area (Å²) >= 11 is 1.34. The Balaban J connectivity index is 1.74. The average molecular weight is 364 g/mol. The van der Waals surface area contributed by atoms with Crippen molar-refractivity contribution in [3.8, 4) is 10.6 Å². The molecule has 0 atom stereocenters. The highest BCUT2D eigenvalue weighted by molar-refractivity contribution is 7.13. The number of nitrogens with one attached hydrogen (secondary N) is 1. The first kappa shape index (κ1) is 17.0. The molecule has 0 radical (unpaired) electrons. The van der Waals surface area contributed by atoms with Gasteiger partial charge in [0.05, 0.1) is 11.1 Å². The van der Waals surface area contributed by atoms with E-state index in [1.54, 1.807) is 17.5 Å². The summed E-state index contributed by atoms with van der Waals surface area (Å²) in [5, 5.41) is 14.2. The smallest absolute Gasteiger partial charge is 0.416 e. The van der Waals surface area contributed by atoms with Crippen molar-refractivity contribution in [3.05, 3.63) is 65.0 Å². The zero-order valence-corrected chi connectivity index (χ0v) is 13.4. The van der Waals surface area contributed by atoms with Crippen LogP contribution in [-0.2, 0) is 6.18 Å². The van der Waals surface area contributed by atoms with Gasteiger partial charge in [-0.2, -0.15) is 13.2 Å². The van der Waals surface area contributed by atoms with Gasteiger partial charge in [0.2, 0.25) is 0 Å². The molecule has 8 heteroatoms. The molecule has 0 saturated heterocycles. The first-order valence-electron chi connectivity index (χ1n) is 7.06. The fourth-order valence-corrected chi connectivity index (χ4v) is 2.87. The first-order chi connectivity index (χ1) is 11.8. The topological polar surface area (TPSA) is 62.2 Å². The molecule has 0 aliphatic rings. The van der Waals surface area contributed by atoms with E-state index in [2.05, 4.69) is 10.3 Å². The molecule has 128 valence electrons. The van der Waals surface area contributed by atoms with Crippen molar-refractivity contribution in [3.63, 3.8) is 0 Å². The average Bonchev–Trinajstić information content (AvgIpc) is 3.03. The van der Waals surface area contributed by atoms with Gasteiger partial charge in [0.1, 0.15) is 10.8 Å². The number of nitrogens with zero attached hydrogens (tertiary/aromatic N) is 1. The molecule has 0 bridgehead atoms. The Kier molecular flexibility index (Phi) is 4.45. The van der Waals surface area contributed by atoms with Gasteiger partial charge in [0.15, 0.2) is 0 Å². The molecule has 0 unspecified atom stereocenters. The Hall–Kier alpha value is -2.87. The third kappa shape index (κ3) is 3.97. The lowest BCUT2D eigenvalue weighted by atomic mass is 10.1. The number of rotatable bonds is 4. The predicted molar refractivity (Wildman–Crippen MR) is 89.2 cm³/mol. The number of carbonyl (C=O) groups is 1. The summed E-state index contributed by atoms with van der Waals surface area (Å²) in [5.41, 5.74) is 0.723. The number of alkyl halides is 3. The second kappa shape index (κ2) is 6.56. The summed E-state index contributed by atoms with van der Waals surface area (Å²) in [7, 11) is 0. The van der Waals surface area contributed by atoms with E-state index in [-0.39, 0.29) is 5.56 Å². The second-order valence-electron chi connectivity index (χ2n) is 5.12. The highest BCUT2D eigenvalue weighted by Gasteiger charge is 2.29. The lowest BCUT2D eigenvalue weighted by Crippen LogP contribution is -2.04. The molecule has 4 nitrogen and oxygen atoms in total.